The monoisotopic (exact) mass is 372 g/mol. The highest BCUT2D eigenvalue weighted by Crippen LogP contribution is 2.51. The third-order valence-electron chi connectivity index (χ3n) is 5.80. The SMILES string of the molecule is CC1(C)CC(=O)C2=C(C1)c1c(ccc3ncccc13)N[C@H]2c1ccc(F)cc1. The van der Waals surface area contributed by atoms with Crippen LogP contribution in [-0.2, 0) is 4.79 Å². The van der Waals surface area contributed by atoms with Crippen LogP contribution >= 0.6 is 0 Å². The average molecular weight is 372 g/mol. The molecule has 3 aromatic rings. The van der Waals surface area contributed by atoms with Gasteiger partial charge in [-0.25, -0.2) is 4.39 Å². The first-order chi connectivity index (χ1) is 13.4. The molecule has 28 heavy (non-hydrogen) atoms. The maximum Gasteiger partial charge on any atom is 0.162 e. The zero-order valence-corrected chi connectivity index (χ0v) is 15.9. The van der Waals surface area contributed by atoms with Gasteiger partial charge in [0.05, 0.1) is 11.6 Å². The summed E-state index contributed by atoms with van der Waals surface area (Å²) in [5.41, 5.74) is 5.73. The molecule has 3 nitrogen and oxygen atoms in total. The molecule has 2 heterocycles. The summed E-state index contributed by atoms with van der Waals surface area (Å²) in [6.07, 6.45) is 3.13. The fourth-order valence-corrected chi connectivity index (χ4v) is 4.62. The van der Waals surface area contributed by atoms with Crippen molar-refractivity contribution in [2.24, 2.45) is 5.41 Å². The van der Waals surface area contributed by atoms with E-state index >= 15 is 0 Å². The average Bonchev–Trinajstić information content (AvgIpc) is 2.66. The molecule has 0 saturated carbocycles. The molecule has 0 bridgehead atoms. The van der Waals surface area contributed by atoms with Gasteiger partial charge in [0, 0.05) is 34.8 Å². The van der Waals surface area contributed by atoms with Crippen molar-refractivity contribution in [2.75, 3.05) is 5.32 Å². The summed E-state index contributed by atoms with van der Waals surface area (Å²) < 4.78 is 13.5. The second-order valence-electron chi connectivity index (χ2n) is 8.52. The molecule has 1 aliphatic heterocycles. The number of hydrogen-bond donors (Lipinski definition) is 1. The van der Waals surface area contributed by atoms with Crippen LogP contribution in [0, 0.1) is 11.2 Å². The molecule has 140 valence electrons. The van der Waals surface area contributed by atoms with E-state index in [0.29, 0.717) is 6.42 Å². The van der Waals surface area contributed by atoms with Gasteiger partial charge >= 0.3 is 0 Å². The molecule has 0 unspecified atom stereocenters. The number of pyridine rings is 1. The quantitative estimate of drug-likeness (QED) is 0.597. The summed E-state index contributed by atoms with van der Waals surface area (Å²) in [7, 11) is 0. The van der Waals surface area contributed by atoms with Gasteiger partial charge in [-0.1, -0.05) is 32.0 Å². The highest BCUT2D eigenvalue weighted by molar-refractivity contribution is 6.12. The van der Waals surface area contributed by atoms with E-state index in [9.17, 15) is 9.18 Å². The van der Waals surface area contributed by atoms with E-state index in [4.69, 9.17) is 0 Å². The van der Waals surface area contributed by atoms with E-state index in [-0.39, 0.29) is 23.1 Å². The van der Waals surface area contributed by atoms with E-state index in [0.717, 1.165) is 45.3 Å². The predicted molar refractivity (Wildman–Crippen MR) is 109 cm³/mol. The number of halogens is 1. The topological polar surface area (TPSA) is 42.0 Å². The number of carbonyl (C=O) groups excluding carboxylic acids is 1. The van der Waals surface area contributed by atoms with Gasteiger partial charge < -0.3 is 5.32 Å². The van der Waals surface area contributed by atoms with E-state index in [1.165, 1.54) is 12.1 Å². The number of nitrogens with zero attached hydrogens (tertiary/aromatic N) is 1. The van der Waals surface area contributed by atoms with Crippen molar-refractivity contribution in [1.82, 2.24) is 4.98 Å². The smallest absolute Gasteiger partial charge is 0.162 e. The van der Waals surface area contributed by atoms with Crippen molar-refractivity contribution in [3.8, 4) is 0 Å². The molecule has 0 spiro atoms. The minimum Gasteiger partial charge on any atom is -0.373 e. The van der Waals surface area contributed by atoms with Crippen molar-refractivity contribution >= 4 is 27.9 Å². The zero-order valence-electron chi connectivity index (χ0n) is 15.9. The van der Waals surface area contributed by atoms with Gasteiger partial charge in [0.1, 0.15) is 5.82 Å². The Kier molecular flexibility index (Phi) is 3.66. The van der Waals surface area contributed by atoms with Crippen LogP contribution in [0.3, 0.4) is 0 Å². The number of nitrogens with one attached hydrogen (secondary N) is 1. The number of fused-ring (bicyclic) bond motifs is 4. The largest absolute Gasteiger partial charge is 0.373 e. The minimum atomic E-state index is -0.276. The number of benzene rings is 2. The minimum absolute atomic E-state index is 0.0950. The first-order valence-corrected chi connectivity index (χ1v) is 9.59. The summed E-state index contributed by atoms with van der Waals surface area (Å²) in [5.74, 6) is -0.109. The van der Waals surface area contributed by atoms with Crippen LogP contribution in [0.1, 0.15) is 43.9 Å². The summed E-state index contributed by atoms with van der Waals surface area (Å²) in [4.78, 5) is 17.7. The number of Topliss-reactive ketones (excluding diaryl/α,β-unsaturated/α-hetero) is 1. The molecule has 0 saturated heterocycles. The van der Waals surface area contributed by atoms with Crippen molar-refractivity contribution in [3.63, 3.8) is 0 Å². The molecule has 0 fully saturated rings. The Bertz CT molecular complexity index is 1140. The van der Waals surface area contributed by atoms with Gasteiger partial charge in [-0.15, -0.1) is 0 Å². The van der Waals surface area contributed by atoms with Crippen LogP contribution in [0.5, 0.6) is 0 Å². The lowest BCUT2D eigenvalue weighted by molar-refractivity contribution is -0.118. The van der Waals surface area contributed by atoms with Crippen LogP contribution in [0.4, 0.5) is 10.1 Å². The molecule has 2 aromatic carbocycles. The maximum atomic E-state index is 13.5. The molecule has 1 aromatic heterocycles. The molecular formula is C24H21FN2O. The van der Waals surface area contributed by atoms with Crippen LogP contribution in [0.15, 0.2) is 60.3 Å². The van der Waals surface area contributed by atoms with Gasteiger partial charge in [-0.3, -0.25) is 9.78 Å². The highest BCUT2D eigenvalue weighted by Gasteiger charge is 2.40. The summed E-state index contributed by atoms with van der Waals surface area (Å²) in [6.45, 7) is 4.29. The molecule has 4 heteroatoms. The summed E-state index contributed by atoms with van der Waals surface area (Å²) in [5, 5.41) is 4.61. The Morgan fingerprint density at radius 3 is 2.64 bits per heavy atom. The maximum absolute atomic E-state index is 13.5. The molecule has 1 N–H and O–H groups in total. The molecule has 2 aliphatic rings. The van der Waals surface area contributed by atoms with Gasteiger partial charge in [0.25, 0.3) is 0 Å². The first-order valence-electron chi connectivity index (χ1n) is 9.59. The van der Waals surface area contributed by atoms with Crippen molar-refractivity contribution in [3.05, 3.63) is 77.2 Å². The molecule has 0 amide bonds. The van der Waals surface area contributed by atoms with E-state index < -0.39 is 0 Å². The van der Waals surface area contributed by atoms with Crippen LogP contribution in [0.2, 0.25) is 0 Å². The second kappa shape index (κ2) is 5.99. The Balaban J connectivity index is 1.79. The van der Waals surface area contributed by atoms with E-state index in [2.05, 4.69) is 30.2 Å². The van der Waals surface area contributed by atoms with Crippen LogP contribution in [-0.4, -0.2) is 10.8 Å². The van der Waals surface area contributed by atoms with Crippen LogP contribution < -0.4 is 5.32 Å². The predicted octanol–water partition coefficient (Wildman–Crippen LogP) is 5.68. The van der Waals surface area contributed by atoms with Crippen molar-refractivity contribution in [1.29, 1.82) is 0 Å². The lowest BCUT2D eigenvalue weighted by atomic mass is 9.68. The number of carbonyl (C=O) groups is 1. The molecular weight excluding hydrogens is 351 g/mol. The van der Waals surface area contributed by atoms with Crippen molar-refractivity contribution < 1.29 is 9.18 Å². The molecule has 0 radical (unpaired) electrons. The van der Waals surface area contributed by atoms with E-state index in [1.54, 1.807) is 18.3 Å². The second-order valence-corrected chi connectivity index (χ2v) is 8.52. The third kappa shape index (κ3) is 2.63. The lowest BCUT2D eigenvalue weighted by Gasteiger charge is -2.40. The number of rotatable bonds is 1. The molecule has 1 atom stereocenters. The fourth-order valence-electron chi connectivity index (χ4n) is 4.62. The highest BCUT2D eigenvalue weighted by atomic mass is 19.1. The summed E-state index contributed by atoms with van der Waals surface area (Å²) >= 11 is 0. The number of allylic oxidation sites excluding steroid dienone is 1. The molecule has 5 rings (SSSR count). The number of anilines is 1. The van der Waals surface area contributed by atoms with Gasteiger partial charge in [-0.2, -0.15) is 0 Å². The summed E-state index contributed by atoms with van der Waals surface area (Å²) in [6, 6.07) is 14.2. The normalized spacial score (nSPS) is 20.5. The Hall–Kier alpha value is -3.01. The fraction of sp³-hybridized carbons (Fsp3) is 0.250. The molecule has 1 aliphatic carbocycles. The lowest BCUT2D eigenvalue weighted by Crippen LogP contribution is -2.33. The zero-order chi connectivity index (χ0) is 19.5. The van der Waals surface area contributed by atoms with Gasteiger partial charge in [0.15, 0.2) is 5.78 Å². The Morgan fingerprint density at radius 2 is 1.86 bits per heavy atom. The first kappa shape index (κ1) is 17.1. The van der Waals surface area contributed by atoms with Gasteiger partial charge in [-0.05, 0) is 53.3 Å². The number of ketones is 1. The standard InChI is InChI=1S/C24H21FN2O/c1-24(2)12-17-21-16-4-3-11-26-18(16)9-10-19(21)27-23(22(17)20(28)13-24)14-5-7-15(25)8-6-14/h3-11,23,27H,12-13H2,1-2H3/t23-/m0/s1. The van der Waals surface area contributed by atoms with Gasteiger partial charge in [0.2, 0.25) is 0 Å². The number of aromatic nitrogens is 1. The Labute approximate surface area is 163 Å². The van der Waals surface area contributed by atoms with E-state index in [1.807, 2.05) is 18.2 Å². The Morgan fingerprint density at radius 1 is 1.07 bits per heavy atom. The number of hydrogen-bond acceptors (Lipinski definition) is 3. The third-order valence-corrected chi connectivity index (χ3v) is 5.80. The van der Waals surface area contributed by atoms with Crippen molar-refractivity contribution in [2.45, 2.75) is 32.7 Å². The van der Waals surface area contributed by atoms with Crippen LogP contribution in [0.25, 0.3) is 16.5 Å².